The molecule has 0 bridgehead atoms. The van der Waals surface area contributed by atoms with E-state index in [4.69, 9.17) is 9.47 Å². The van der Waals surface area contributed by atoms with E-state index in [1.54, 1.807) is 32.2 Å². The largest absolute Gasteiger partial charge is 0.497 e. The van der Waals surface area contributed by atoms with E-state index in [0.717, 1.165) is 17.1 Å². The van der Waals surface area contributed by atoms with E-state index in [-0.39, 0.29) is 5.91 Å². The number of benzene rings is 2. The molecule has 0 aliphatic rings. The van der Waals surface area contributed by atoms with Gasteiger partial charge in [0.15, 0.2) is 0 Å². The molecule has 1 N–H and O–H groups in total. The quantitative estimate of drug-likeness (QED) is 0.853. The molecule has 0 atom stereocenters. The Kier molecular flexibility index (Phi) is 5.86. The first-order chi connectivity index (χ1) is 11.2. The number of amides is 1. The van der Waals surface area contributed by atoms with Crippen molar-refractivity contribution in [2.24, 2.45) is 0 Å². The molecule has 0 saturated carbocycles. The van der Waals surface area contributed by atoms with Crippen LogP contribution in [0.1, 0.15) is 6.42 Å². The number of carbonyl (C=O) groups is 1. The van der Waals surface area contributed by atoms with Crippen LogP contribution in [0.25, 0.3) is 0 Å². The molecule has 23 heavy (non-hydrogen) atoms. The third kappa shape index (κ3) is 4.39. The van der Waals surface area contributed by atoms with Gasteiger partial charge in [0, 0.05) is 31.8 Å². The Labute approximate surface area is 136 Å². The van der Waals surface area contributed by atoms with Gasteiger partial charge in [0.05, 0.1) is 19.9 Å². The molecule has 0 fully saturated rings. The standard InChI is InChI=1S/C18H22N2O3/c1-20(14-7-5-4-6-8-14)18(21)11-12-19-16-10-9-15(22-2)13-17(16)23-3/h4-10,13,19H,11-12H2,1-3H3. The SMILES string of the molecule is COc1ccc(NCCC(=O)N(C)c2ccccc2)c(OC)c1. The lowest BCUT2D eigenvalue weighted by Gasteiger charge is -2.18. The Bertz CT molecular complexity index is 644. The Morgan fingerprint density at radius 3 is 2.48 bits per heavy atom. The Balaban J connectivity index is 1.91. The highest BCUT2D eigenvalue weighted by atomic mass is 16.5. The first-order valence-electron chi connectivity index (χ1n) is 7.43. The maximum Gasteiger partial charge on any atom is 0.228 e. The topological polar surface area (TPSA) is 50.8 Å². The molecule has 2 aromatic rings. The maximum atomic E-state index is 12.2. The van der Waals surface area contributed by atoms with E-state index in [1.165, 1.54) is 0 Å². The number of anilines is 2. The fraction of sp³-hybridized carbons (Fsp3) is 0.278. The van der Waals surface area contributed by atoms with Crippen LogP contribution < -0.4 is 19.7 Å². The van der Waals surface area contributed by atoms with Gasteiger partial charge in [-0.15, -0.1) is 0 Å². The number of nitrogens with zero attached hydrogens (tertiary/aromatic N) is 1. The van der Waals surface area contributed by atoms with Gasteiger partial charge in [-0.1, -0.05) is 18.2 Å². The second-order valence-electron chi connectivity index (χ2n) is 5.03. The van der Waals surface area contributed by atoms with Crippen LogP contribution in [-0.2, 0) is 4.79 Å². The monoisotopic (exact) mass is 314 g/mol. The van der Waals surface area contributed by atoms with Crippen molar-refractivity contribution in [2.45, 2.75) is 6.42 Å². The molecule has 0 radical (unpaired) electrons. The normalized spacial score (nSPS) is 10.0. The maximum absolute atomic E-state index is 12.2. The highest BCUT2D eigenvalue weighted by molar-refractivity contribution is 5.93. The lowest BCUT2D eigenvalue weighted by atomic mass is 10.2. The fourth-order valence-corrected chi connectivity index (χ4v) is 2.21. The smallest absolute Gasteiger partial charge is 0.228 e. The second kappa shape index (κ2) is 8.08. The number of carbonyl (C=O) groups excluding carboxylic acids is 1. The first-order valence-corrected chi connectivity index (χ1v) is 7.43. The minimum Gasteiger partial charge on any atom is -0.497 e. The molecule has 0 aromatic heterocycles. The minimum atomic E-state index is 0.0520. The predicted molar refractivity (Wildman–Crippen MR) is 92.5 cm³/mol. The molecule has 5 nitrogen and oxygen atoms in total. The molecule has 122 valence electrons. The van der Waals surface area contributed by atoms with Gasteiger partial charge in [-0.25, -0.2) is 0 Å². The molecule has 0 aliphatic carbocycles. The summed E-state index contributed by atoms with van der Waals surface area (Å²) in [4.78, 5) is 13.9. The molecule has 0 heterocycles. The number of hydrogen-bond donors (Lipinski definition) is 1. The van der Waals surface area contributed by atoms with E-state index < -0.39 is 0 Å². The van der Waals surface area contributed by atoms with E-state index in [1.807, 2.05) is 42.5 Å². The Hall–Kier alpha value is -2.69. The summed E-state index contributed by atoms with van der Waals surface area (Å²) in [6, 6.07) is 15.1. The summed E-state index contributed by atoms with van der Waals surface area (Å²) < 4.78 is 10.5. The van der Waals surface area contributed by atoms with Gasteiger partial charge in [-0.2, -0.15) is 0 Å². The van der Waals surface area contributed by atoms with E-state index in [0.29, 0.717) is 18.7 Å². The highest BCUT2D eigenvalue weighted by Gasteiger charge is 2.11. The molecule has 0 aliphatic heterocycles. The molecule has 0 spiro atoms. The number of nitrogens with one attached hydrogen (secondary N) is 1. The zero-order valence-electron chi connectivity index (χ0n) is 13.7. The third-order valence-corrected chi connectivity index (χ3v) is 3.58. The molecule has 5 heteroatoms. The Morgan fingerprint density at radius 1 is 1.09 bits per heavy atom. The lowest BCUT2D eigenvalue weighted by molar-refractivity contribution is -0.118. The highest BCUT2D eigenvalue weighted by Crippen LogP contribution is 2.28. The zero-order valence-corrected chi connectivity index (χ0v) is 13.7. The van der Waals surface area contributed by atoms with Crippen LogP contribution in [0.5, 0.6) is 11.5 Å². The molecular formula is C18H22N2O3. The van der Waals surface area contributed by atoms with Crippen LogP contribution in [0, 0.1) is 0 Å². The summed E-state index contributed by atoms with van der Waals surface area (Å²) in [6.45, 7) is 0.526. The number of methoxy groups -OCH3 is 2. The summed E-state index contributed by atoms with van der Waals surface area (Å²) in [5.41, 5.74) is 1.72. The van der Waals surface area contributed by atoms with Gasteiger partial charge in [0.1, 0.15) is 11.5 Å². The van der Waals surface area contributed by atoms with Crippen molar-refractivity contribution >= 4 is 17.3 Å². The summed E-state index contributed by atoms with van der Waals surface area (Å²) in [5.74, 6) is 1.47. The number of hydrogen-bond acceptors (Lipinski definition) is 4. The van der Waals surface area contributed by atoms with Crippen LogP contribution in [0.4, 0.5) is 11.4 Å². The van der Waals surface area contributed by atoms with Crippen molar-refractivity contribution in [2.75, 3.05) is 38.0 Å². The summed E-state index contributed by atoms with van der Waals surface area (Å²) in [7, 11) is 5.00. The van der Waals surface area contributed by atoms with Crippen LogP contribution in [-0.4, -0.2) is 33.7 Å². The van der Waals surface area contributed by atoms with E-state index in [2.05, 4.69) is 5.32 Å². The van der Waals surface area contributed by atoms with Crippen LogP contribution in [0.2, 0.25) is 0 Å². The molecule has 2 rings (SSSR count). The third-order valence-electron chi connectivity index (χ3n) is 3.58. The number of ether oxygens (including phenoxy) is 2. The number of rotatable bonds is 7. The lowest BCUT2D eigenvalue weighted by Crippen LogP contribution is -2.27. The van der Waals surface area contributed by atoms with Gasteiger partial charge in [0.2, 0.25) is 5.91 Å². The van der Waals surface area contributed by atoms with Crippen molar-refractivity contribution < 1.29 is 14.3 Å². The van der Waals surface area contributed by atoms with Crippen LogP contribution in [0.3, 0.4) is 0 Å². The van der Waals surface area contributed by atoms with Gasteiger partial charge in [-0.05, 0) is 24.3 Å². The van der Waals surface area contributed by atoms with Crippen LogP contribution in [0.15, 0.2) is 48.5 Å². The van der Waals surface area contributed by atoms with Crippen molar-refractivity contribution in [3.63, 3.8) is 0 Å². The van der Waals surface area contributed by atoms with Crippen molar-refractivity contribution in [1.29, 1.82) is 0 Å². The molecule has 0 unspecified atom stereocenters. The van der Waals surface area contributed by atoms with Crippen molar-refractivity contribution in [3.8, 4) is 11.5 Å². The summed E-state index contributed by atoms with van der Waals surface area (Å²) in [6.07, 6.45) is 0.389. The van der Waals surface area contributed by atoms with Crippen molar-refractivity contribution in [1.82, 2.24) is 0 Å². The Morgan fingerprint density at radius 2 is 1.83 bits per heavy atom. The van der Waals surface area contributed by atoms with Gasteiger partial charge in [-0.3, -0.25) is 4.79 Å². The average molecular weight is 314 g/mol. The first kappa shape index (κ1) is 16.7. The van der Waals surface area contributed by atoms with Crippen LogP contribution >= 0.6 is 0 Å². The summed E-state index contributed by atoms with van der Waals surface area (Å²) >= 11 is 0. The van der Waals surface area contributed by atoms with Crippen molar-refractivity contribution in [3.05, 3.63) is 48.5 Å². The molecule has 2 aromatic carbocycles. The summed E-state index contributed by atoms with van der Waals surface area (Å²) in [5, 5.41) is 3.22. The molecule has 1 amide bonds. The van der Waals surface area contributed by atoms with E-state index in [9.17, 15) is 4.79 Å². The predicted octanol–water partition coefficient (Wildman–Crippen LogP) is 3.17. The van der Waals surface area contributed by atoms with Gasteiger partial charge in [0.25, 0.3) is 0 Å². The minimum absolute atomic E-state index is 0.0520. The fourth-order valence-electron chi connectivity index (χ4n) is 2.21. The number of para-hydroxylation sites is 1. The second-order valence-corrected chi connectivity index (χ2v) is 5.03. The average Bonchev–Trinajstić information content (AvgIpc) is 2.61. The molecule has 0 saturated heterocycles. The van der Waals surface area contributed by atoms with Gasteiger partial charge < -0.3 is 19.7 Å². The van der Waals surface area contributed by atoms with E-state index >= 15 is 0 Å². The zero-order chi connectivity index (χ0) is 16.7. The molecular weight excluding hydrogens is 292 g/mol. The van der Waals surface area contributed by atoms with Gasteiger partial charge >= 0.3 is 0 Å².